The summed E-state index contributed by atoms with van der Waals surface area (Å²) in [6, 6.07) is 16.5. The maximum Gasteiger partial charge on any atom is 0.306 e. The van der Waals surface area contributed by atoms with Crippen LogP contribution in [-0.2, 0) is 0 Å². The van der Waals surface area contributed by atoms with Gasteiger partial charge in [-0.3, -0.25) is 10.1 Å². The number of nitro benzene ring substituents is 1. The predicted molar refractivity (Wildman–Crippen MR) is 97.8 cm³/mol. The van der Waals surface area contributed by atoms with Crippen molar-refractivity contribution in [2.24, 2.45) is 0 Å². The van der Waals surface area contributed by atoms with Crippen LogP contribution in [0.5, 0.6) is 0 Å². The largest absolute Gasteiger partial charge is 0.306 e. The molecule has 0 aromatic heterocycles. The first-order chi connectivity index (χ1) is 13.5. The zero-order valence-corrected chi connectivity index (χ0v) is 14.2. The molecule has 0 unspecified atom stereocenters. The Morgan fingerprint density at radius 3 is 1.39 bits per heavy atom. The number of benzene rings is 3. The molecule has 0 atom stereocenters. The van der Waals surface area contributed by atoms with Gasteiger partial charge in [0.2, 0.25) is 0 Å². The van der Waals surface area contributed by atoms with E-state index in [0.717, 1.165) is 0 Å². The Hall–Kier alpha value is -4.03. The lowest BCUT2D eigenvalue weighted by molar-refractivity contribution is -0.385. The van der Waals surface area contributed by atoms with Gasteiger partial charge in [-0.15, -0.1) is 0 Å². The minimum Gasteiger partial charge on any atom is -0.258 e. The van der Waals surface area contributed by atoms with Gasteiger partial charge >= 0.3 is 5.69 Å². The van der Waals surface area contributed by atoms with Crippen LogP contribution >= 0.6 is 0 Å². The van der Waals surface area contributed by atoms with Gasteiger partial charge in [-0.1, -0.05) is 60.1 Å². The second-order valence-electron chi connectivity index (χ2n) is 5.53. The molecule has 0 spiro atoms. The highest BCUT2D eigenvalue weighted by molar-refractivity contribution is 5.64. The van der Waals surface area contributed by atoms with Crippen molar-refractivity contribution in [1.82, 2.24) is 0 Å². The molecule has 0 N–H and O–H groups in total. The molecule has 0 aliphatic carbocycles. The van der Waals surface area contributed by atoms with Crippen molar-refractivity contribution in [3.8, 4) is 23.7 Å². The molecule has 0 amide bonds. The molecule has 0 saturated heterocycles. The minimum absolute atomic E-state index is 0.429. The summed E-state index contributed by atoms with van der Waals surface area (Å²) in [4.78, 5) is 10.5. The van der Waals surface area contributed by atoms with Crippen LogP contribution in [0.3, 0.4) is 0 Å². The SMILES string of the molecule is O=[N+]([O-])c1c(C#Cc2ccccc2)c(F)c(F)c(F)c1C#Cc1ccccc1. The maximum atomic E-state index is 14.3. The van der Waals surface area contributed by atoms with E-state index in [1.807, 2.05) is 0 Å². The predicted octanol–water partition coefficient (Wildman–Crippen LogP) is 4.81. The van der Waals surface area contributed by atoms with Gasteiger partial charge in [-0.05, 0) is 24.3 Å². The Balaban J connectivity index is 2.23. The molecule has 0 aliphatic rings. The number of nitrogens with zero attached hydrogens (tertiary/aromatic N) is 1. The second-order valence-corrected chi connectivity index (χ2v) is 5.53. The Kier molecular flexibility index (Phi) is 5.43. The van der Waals surface area contributed by atoms with E-state index in [1.165, 1.54) is 0 Å². The molecule has 3 aromatic rings. The Bertz CT molecular complexity index is 1080. The van der Waals surface area contributed by atoms with Crippen LogP contribution < -0.4 is 0 Å². The lowest BCUT2D eigenvalue weighted by atomic mass is 10.0. The summed E-state index contributed by atoms with van der Waals surface area (Å²) in [6.07, 6.45) is 0. The van der Waals surface area contributed by atoms with Gasteiger partial charge in [-0.2, -0.15) is 0 Å². The third kappa shape index (κ3) is 3.87. The molecule has 0 saturated carbocycles. The van der Waals surface area contributed by atoms with Crippen molar-refractivity contribution in [2.75, 3.05) is 0 Å². The molecule has 136 valence electrons. The van der Waals surface area contributed by atoms with Crippen molar-refractivity contribution in [3.05, 3.63) is 110 Å². The van der Waals surface area contributed by atoms with E-state index in [0.29, 0.717) is 11.1 Å². The van der Waals surface area contributed by atoms with Crippen LogP contribution in [0.1, 0.15) is 22.3 Å². The van der Waals surface area contributed by atoms with Crippen molar-refractivity contribution in [1.29, 1.82) is 0 Å². The molecule has 0 radical (unpaired) electrons. The molecule has 0 bridgehead atoms. The van der Waals surface area contributed by atoms with Gasteiger partial charge < -0.3 is 0 Å². The van der Waals surface area contributed by atoms with Crippen LogP contribution in [0, 0.1) is 51.2 Å². The molecule has 0 aliphatic heterocycles. The van der Waals surface area contributed by atoms with E-state index in [1.54, 1.807) is 60.7 Å². The van der Waals surface area contributed by atoms with Gasteiger partial charge in [-0.25, -0.2) is 13.2 Å². The first kappa shape index (κ1) is 18.8. The van der Waals surface area contributed by atoms with Crippen molar-refractivity contribution in [2.45, 2.75) is 0 Å². The summed E-state index contributed by atoms with van der Waals surface area (Å²) in [5, 5.41) is 11.5. The van der Waals surface area contributed by atoms with E-state index in [9.17, 15) is 23.3 Å². The van der Waals surface area contributed by atoms with Gasteiger partial charge in [0, 0.05) is 11.1 Å². The molecule has 28 heavy (non-hydrogen) atoms. The Labute approximate surface area is 158 Å². The minimum atomic E-state index is -1.86. The third-order valence-electron chi connectivity index (χ3n) is 3.69. The zero-order chi connectivity index (χ0) is 20.1. The number of hydrogen-bond acceptors (Lipinski definition) is 2. The van der Waals surface area contributed by atoms with Crippen LogP contribution in [0.25, 0.3) is 0 Å². The van der Waals surface area contributed by atoms with Crippen molar-refractivity contribution < 1.29 is 18.1 Å². The number of halogens is 3. The lowest BCUT2D eigenvalue weighted by Gasteiger charge is -2.04. The fourth-order valence-corrected chi connectivity index (χ4v) is 2.37. The van der Waals surface area contributed by atoms with Crippen LogP contribution in [-0.4, -0.2) is 4.92 Å². The summed E-state index contributed by atoms with van der Waals surface area (Å²) in [5.74, 6) is 4.21. The molecule has 3 aromatic carbocycles. The van der Waals surface area contributed by atoms with E-state index in [-0.39, 0.29) is 0 Å². The van der Waals surface area contributed by atoms with Crippen LogP contribution in [0.4, 0.5) is 18.9 Å². The monoisotopic (exact) mass is 377 g/mol. The average Bonchev–Trinajstić information content (AvgIpc) is 2.71. The number of rotatable bonds is 1. The van der Waals surface area contributed by atoms with E-state index in [4.69, 9.17) is 0 Å². The smallest absolute Gasteiger partial charge is 0.258 e. The fraction of sp³-hybridized carbons (Fsp3) is 0. The molecule has 0 heterocycles. The van der Waals surface area contributed by atoms with Crippen molar-refractivity contribution in [3.63, 3.8) is 0 Å². The van der Waals surface area contributed by atoms with Gasteiger partial charge in [0.15, 0.2) is 17.5 Å². The highest BCUT2D eigenvalue weighted by Gasteiger charge is 2.30. The van der Waals surface area contributed by atoms with E-state index >= 15 is 0 Å². The standard InChI is InChI=1S/C22H10F3NO2/c23-19-17(13-11-15-7-3-1-4-8-15)22(26(27)28)18(20(24)21(19)25)14-12-16-9-5-2-6-10-16/h1-10H. The quantitative estimate of drug-likeness (QED) is 0.264. The topological polar surface area (TPSA) is 43.1 Å². The molecule has 3 rings (SSSR count). The first-order valence-electron chi connectivity index (χ1n) is 7.98. The summed E-state index contributed by atoms with van der Waals surface area (Å²) in [7, 11) is 0. The summed E-state index contributed by atoms with van der Waals surface area (Å²) in [6.45, 7) is 0. The van der Waals surface area contributed by atoms with Crippen LogP contribution in [0.2, 0.25) is 0 Å². The lowest BCUT2D eigenvalue weighted by Crippen LogP contribution is -2.06. The highest BCUT2D eigenvalue weighted by Crippen LogP contribution is 2.30. The van der Waals surface area contributed by atoms with Gasteiger partial charge in [0.05, 0.1) is 4.92 Å². The van der Waals surface area contributed by atoms with Gasteiger partial charge in [0.1, 0.15) is 11.1 Å². The summed E-state index contributed by atoms with van der Waals surface area (Å²) >= 11 is 0. The maximum absolute atomic E-state index is 14.3. The first-order valence-corrected chi connectivity index (χ1v) is 7.98. The zero-order valence-electron chi connectivity index (χ0n) is 14.2. The molecular formula is C22H10F3NO2. The number of nitro groups is 1. The third-order valence-corrected chi connectivity index (χ3v) is 3.69. The molecule has 3 nitrogen and oxygen atoms in total. The summed E-state index contributed by atoms with van der Waals surface area (Å²) < 4.78 is 42.6. The Morgan fingerprint density at radius 1 is 0.643 bits per heavy atom. The summed E-state index contributed by atoms with van der Waals surface area (Å²) in [5.41, 5.74) is -1.87. The van der Waals surface area contributed by atoms with Crippen molar-refractivity contribution >= 4 is 5.69 Å². The average molecular weight is 377 g/mol. The Morgan fingerprint density at radius 2 is 1.04 bits per heavy atom. The normalized spacial score (nSPS) is 9.68. The van der Waals surface area contributed by atoms with E-state index in [2.05, 4.69) is 23.7 Å². The molecular weight excluding hydrogens is 367 g/mol. The fourth-order valence-electron chi connectivity index (χ4n) is 2.37. The second kappa shape index (κ2) is 8.11. The molecule has 0 fully saturated rings. The number of hydrogen-bond donors (Lipinski definition) is 0. The van der Waals surface area contributed by atoms with Crippen LogP contribution in [0.15, 0.2) is 60.7 Å². The highest BCUT2D eigenvalue weighted by atomic mass is 19.2. The molecule has 6 heteroatoms. The van der Waals surface area contributed by atoms with E-state index < -0.39 is 39.2 Å². The van der Waals surface area contributed by atoms with Gasteiger partial charge in [0.25, 0.3) is 0 Å².